The van der Waals surface area contributed by atoms with Crippen molar-refractivity contribution in [2.75, 3.05) is 13.1 Å². The molecule has 0 bridgehead atoms. The van der Waals surface area contributed by atoms with Gasteiger partial charge in [0.2, 0.25) is 11.8 Å². The number of benzene rings is 1. The number of fused-ring (bicyclic) bond motifs is 1. The van der Waals surface area contributed by atoms with E-state index in [1.54, 1.807) is 12.1 Å². The van der Waals surface area contributed by atoms with Crippen molar-refractivity contribution in [2.45, 2.75) is 50.7 Å². The second-order valence-corrected chi connectivity index (χ2v) is 9.39. The molecule has 3 fully saturated rings. The summed E-state index contributed by atoms with van der Waals surface area (Å²) in [6, 6.07) is 5.07. The predicted molar refractivity (Wildman–Crippen MR) is 121 cm³/mol. The van der Waals surface area contributed by atoms with E-state index < -0.39 is 12.1 Å². The molecule has 1 aromatic rings. The molecule has 2 saturated heterocycles. The molecule has 3 N–H and O–H groups in total. The molecule has 2 heterocycles. The minimum absolute atomic E-state index is 0.0596. The zero-order chi connectivity index (χ0) is 22.7. The molecule has 1 unspecified atom stereocenters. The van der Waals surface area contributed by atoms with E-state index in [0.29, 0.717) is 43.5 Å². The van der Waals surface area contributed by atoms with E-state index in [0.717, 1.165) is 31.1 Å². The lowest BCUT2D eigenvalue weighted by Gasteiger charge is -2.30. The summed E-state index contributed by atoms with van der Waals surface area (Å²) in [5.74, 6) is -0.214. The van der Waals surface area contributed by atoms with E-state index in [-0.39, 0.29) is 29.5 Å². The summed E-state index contributed by atoms with van der Waals surface area (Å²) in [6.45, 7) is 1.75. The molecule has 4 rings (SSSR count). The third-order valence-corrected chi connectivity index (χ3v) is 7.35. The Balaban J connectivity index is 1.40. The second kappa shape index (κ2) is 9.94. The van der Waals surface area contributed by atoms with Crippen molar-refractivity contribution in [1.82, 2.24) is 20.9 Å². The molecule has 5 atom stereocenters. The number of hydrogen-bond donors (Lipinski definition) is 3. The second-order valence-electron chi connectivity index (χ2n) is 9.00. The van der Waals surface area contributed by atoms with Crippen molar-refractivity contribution in [3.63, 3.8) is 0 Å². The highest BCUT2D eigenvalue weighted by molar-refractivity contribution is 7.80. The first-order valence-corrected chi connectivity index (χ1v) is 11.7. The highest BCUT2D eigenvalue weighted by Crippen LogP contribution is 2.42. The zero-order valence-electron chi connectivity index (χ0n) is 17.9. The first-order chi connectivity index (χ1) is 15.5. The number of thiocarbonyl (C=S) groups is 1. The molecule has 0 spiro atoms. The third-order valence-electron chi connectivity index (χ3n) is 6.97. The fraction of sp³-hybridized carbons (Fsp3) is 0.565. The van der Waals surface area contributed by atoms with Gasteiger partial charge in [0, 0.05) is 25.6 Å². The molecule has 32 heavy (non-hydrogen) atoms. The standard InChI is InChI=1S/C23H29FN4O3S/c24-17-6-4-14(5-7-17)11-26-23(32)28-12-16-2-1-3-19(16)20(28)22(31)27-18(13-29)10-15-8-9-25-21(15)30/h4-7,13,15-16,18-20H,1-3,8-12H2,(H,25,30)(H,26,32)(H,27,31)/t15-,16-,18-,19+,20?/m0/s1. The van der Waals surface area contributed by atoms with Gasteiger partial charge < -0.3 is 25.6 Å². The molecule has 0 aromatic heterocycles. The number of carbonyl (C=O) groups is 3. The molecule has 2 aliphatic heterocycles. The van der Waals surface area contributed by atoms with Gasteiger partial charge in [0.05, 0.1) is 6.04 Å². The van der Waals surface area contributed by atoms with Gasteiger partial charge in [-0.05, 0) is 67.4 Å². The average molecular weight is 461 g/mol. The Hall–Kier alpha value is -2.55. The van der Waals surface area contributed by atoms with Crippen LogP contribution in [0.5, 0.6) is 0 Å². The summed E-state index contributed by atoms with van der Waals surface area (Å²) in [5, 5.41) is 9.33. The first-order valence-electron chi connectivity index (χ1n) is 11.3. The van der Waals surface area contributed by atoms with Crippen LogP contribution in [0.25, 0.3) is 0 Å². The SMILES string of the molecule is O=C[C@H](C[C@@H]1CCNC1=O)NC(=O)C1[C@@H]2CCC[C@H]2CN1C(=S)NCc1ccc(F)cc1. The summed E-state index contributed by atoms with van der Waals surface area (Å²) in [7, 11) is 0. The maximum Gasteiger partial charge on any atom is 0.243 e. The normalized spacial score (nSPS) is 27.5. The van der Waals surface area contributed by atoms with E-state index in [1.807, 2.05) is 4.90 Å². The fourth-order valence-electron chi connectivity index (χ4n) is 5.32. The topological polar surface area (TPSA) is 90.5 Å². The largest absolute Gasteiger partial charge is 0.358 e. The van der Waals surface area contributed by atoms with E-state index in [2.05, 4.69) is 16.0 Å². The van der Waals surface area contributed by atoms with Crippen molar-refractivity contribution in [3.8, 4) is 0 Å². The van der Waals surface area contributed by atoms with Crippen molar-refractivity contribution in [2.24, 2.45) is 17.8 Å². The minimum Gasteiger partial charge on any atom is -0.358 e. The number of aldehydes is 1. The lowest BCUT2D eigenvalue weighted by atomic mass is 9.93. The van der Waals surface area contributed by atoms with Crippen molar-refractivity contribution in [1.29, 1.82) is 0 Å². The Morgan fingerprint density at radius 1 is 1.28 bits per heavy atom. The van der Waals surface area contributed by atoms with Crippen LogP contribution in [0.1, 0.15) is 37.7 Å². The van der Waals surface area contributed by atoms with Gasteiger partial charge in [-0.1, -0.05) is 18.6 Å². The summed E-state index contributed by atoms with van der Waals surface area (Å²) < 4.78 is 13.1. The van der Waals surface area contributed by atoms with Crippen LogP contribution in [-0.4, -0.2) is 53.3 Å². The Labute approximate surface area is 192 Å². The maximum absolute atomic E-state index is 13.3. The van der Waals surface area contributed by atoms with Crippen LogP contribution in [-0.2, 0) is 20.9 Å². The maximum atomic E-state index is 13.3. The van der Waals surface area contributed by atoms with E-state index in [1.165, 1.54) is 12.1 Å². The molecule has 2 amide bonds. The molecule has 9 heteroatoms. The molecule has 1 saturated carbocycles. The summed E-state index contributed by atoms with van der Waals surface area (Å²) in [6.07, 6.45) is 4.81. The zero-order valence-corrected chi connectivity index (χ0v) is 18.7. The Bertz CT molecular complexity index is 880. The van der Waals surface area contributed by atoms with Gasteiger partial charge in [0.25, 0.3) is 0 Å². The van der Waals surface area contributed by atoms with Gasteiger partial charge in [-0.2, -0.15) is 0 Å². The Kier molecular flexibility index (Phi) is 7.03. The molecule has 3 aliphatic rings. The summed E-state index contributed by atoms with van der Waals surface area (Å²) in [4.78, 5) is 38.8. The number of nitrogens with one attached hydrogen (secondary N) is 3. The number of nitrogens with zero attached hydrogens (tertiary/aromatic N) is 1. The average Bonchev–Trinajstić information content (AvgIpc) is 3.48. The smallest absolute Gasteiger partial charge is 0.243 e. The van der Waals surface area contributed by atoms with Crippen molar-refractivity contribution >= 4 is 35.4 Å². The van der Waals surface area contributed by atoms with E-state index in [4.69, 9.17) is 12.2 Å². The number of amides is 2. The minimum atomic E-state index is -0.695. The Morgan fingerprint density at radius 2 is 2.06 bits per heavy atom. The van der Waals surface area contributed by atoms with Crippen LogP contribution in [0, 0.1) is 23.6 Å². The molecule has 0 radical (unpaired) electrons. The quantitative estimate of drug-likeness (QED) is 0.422. The number of likely N-dealkylation sites (tertiary alicyclic amines) is 1. The number of rotatable bonds is 7. The number of halogens is 1. The third kappa shape index (κ3) is 4.92. The van der Waals surface area contributed by atoms with Gasteiger partial charge in [0.1, 0.15) is 18.1 Å². The van der Waals surface area contributed by atoms with Gasteiger partial charge in [-0.3, -0.25) is 9.59 Å². The summed E-state index contributed by atoms with van der Waals surface area (Å²) >= 11 is 5.62. The highest BCUT2D eigenvalue weighted by Gasteiger charge is 2.48. The molecule has 7 nitrogen and oxygen atoms in total. The van der Waals surface area contributed by atoms with Gasteiger partial charge in [0.15, 0.2) is 5.11 Å². The molecule has 1 aliphatic carbocycles. The van der Waals surface area contributed by atoms with Gasteiger partial charge >= 0.3 is 0 Å². The first kappa shape index (κ1) is 22.6. The lowest BCUT2D eigenvalue weighted by molar-refractivity contribution is -0.129. The number of hydrogen-bond acceptors (Lipinski definition) is 4. The number of carbonyl (C=O) groups excluding carboxylic acids is 3. The van der Waals surface area contributed by atoms with Crippen LogP contribution in [0.4, 0.5) is 4.39 Å². The highest BCUT2D eigenvalue weighted by atomic mass is 32.1. The van der Waals surface area contributed by atoms with E-state index >= 15 is 0 Å². The summed E-state index contributed by atoms with van der Waals surface area (Å²) in [5.41, 5.74) is 0.894. The molecular formula is C23H29FN4O3S. The molecular weight excluding hydrogens is 431 g/mol. The van der Waals surface area contributed by atoms with Crippen LogP contribution in [0.3, 0.4) is 0 Å². The molecule has 172 valence electrons. The monoisotopic (exact) mass is 460 g/mol. The fourth-order valence-corrected chi connectivity index (χ4v) is 5.59. The van der Waals surface area contributed by atoms with Crippen LogP contribution < -0.4 is 16.0 Å². The van der Waals surface area contributed by atoms with Crippen molar-refractivity contribution < 1.29 is 18.8 Å². The van der Waals surface area contributed by atoms with Gasteiger partial charge in [-0.15, -0.1) is 0 Å². The predicted octanol–water partition coefficient (Wildman–Crippen LogP) is 1.51. The molecule has 1 aromatic carbocycles. The Morgan fingerprint density at radius 3 is 2.75 bits per heavy atom. The van der Waals surface area contributed by atoms with Crippen LogP contribution in [0.2, 0.25) is 0 Å². The van der Waals surface area contributed by atoms with Crippen molar-refractivity contribution in [3.05, 3.63) is 35.6 Å². The van der Waals surface area contributed by atoms with Crippen LogP contribution >= 0.6 is 12.2 Å². The van der Waals surface area contributed by atoms with Gasteiger partial charge in [-0.25, -0.2) is 4.39 Å². The van der Waals surface area contributed by atoms with E-state index in [9.17, 15) is 18.8 Å². The lowest BCUT2D eigenvalue weighted by Crippen LogP contribution is -2.53. The van der Waals surface area contributed by atoms with Crippen LogP contribution in [0.15, 0.2) is 24.3 Å².